The number of rotatable bonds is 8. The van der Waals surface area contributed by atoms with Gasteiger partial charge in [0.2, 0.25) is 0 Å². The maximum Gasteiger partial charge on any atom is 0.261 e. The molecule has 0 radical (unpaired) electrons. The molecule has 34 heavy (non-hydrogen) atoms. The molecule has 2 heterocycles. The number of nitrogens with one attached hydrogen (secondary N) is 2. The normalized spacial score (nSPS) is 10.9. The van der Waals surface area contributed by atoms with Crippen molar-refractivity contribution in [2.75, 3.05) is 20.2 Å². The molecular formula is C24H22Cl2N4O3S. The second-order valence-electron chi connectivity index (χ2n) is 7.38. The second kappa shape index (κ2) is 10.5. The number of amides is 2. The van der Waals surface area contributed by atoms with Crippen molar-refractivity contribution in [3.8, 4) is 11.4 Å². The number of benzene rings is 2. The molecule has 4 rings (SSSR count). The number of halogens is 2. The van der Waals surface area contributed by atoms with Crippen molar-refractivity contribution in [1.82, 2.24) is 20.4 Å². The van der Waals surface area contributed by atoms with Crippen molar-refractivity contribution < 1.29 is 14.3 Å². The third kappa shape index (κ3) is 5.04. The zero-order chi connectivity index (χ0) is 24.2. The van der Waals surface area contributed by atoms with E-state index in [9.17, 15) is 9.59 Å². The van der Waals surface area contributed by atoms with E-state index in [2.05, 4.69) is 15.7 Å². The Morgan fingerprint density at radius 1 is 1.03 bits per heavy atom. The highest BCUT2D eigenvalue weighted by atomic mass is 35.5. The number of aromatic nitrogens is 2. The molecule has 0 aliphatic carbocycles. The topological polar surface area (TPSA) is 85.3 Å². The summed E-state index contributed by atoms with van der Waals surface area (Å²) in [4.78, 5) is 26.5. The van der Waals surface area contributed by atoms with E-state index in [0.29, 0.717) is 39.3 Å². The van der Waals surface area contributed by atoms with Gasteiger partial charge >= 0.3 is 0 Å². The first-order chi connectivity index (χ1) is 16.4. The van der Waals surface area contributed by atoms with Gasteiger partial charge in [0.25, 0.3) is 11.8 Å². The standard InChI is InChI=1S/C24H22Cl2N4O3S/c1-3-20-17-13-21(34-24(17)30(29-20)15-7-8-18(25)19(26)12-15)23(32)28-10-9-27-22(31)14-5-4-6-16(11-14)33-2/h4-8,11-13H,3,9-10H2,1-2H3,(H,27,31)(H,28,32). The first kappa shape index (κ1) is 24.1. The van der Waals surface area contributed by atoms with Crippen LogP contribution in [0.15, 0.2) is 48.5 Å². The molecule has 0 fully saturated rings. The SMILES string of the molecule is CCc1nn(-c2ccc(Cl)c(Cl)c2)c2sc(C(=O)NCCNC(=O)c3cccc(OC)c3)cc12. The number of aryl methyl sites for hydroxylation is 1. The number of methoxy groups -OCH3 is 1. The highest BCUT2D eigenvalue weighted by Gasteiger charge is 2.18. The zero-order valence-corrected chi connectivity index (χ0v) is 20.9. The molecule has 176 valence electrons. The van der Waals surface area contributed by atoms with Crippen molar-refractivity contribution in [2.45, 2.75) is 13.3 Å². The van der Waals surface area contributed by atoms with Crippen LogP contribution in [-0.4, -0.2) is 41.8 Å². The molecule has 0 aliphatic rings. The summed E-state index contributed by atoms with van der Waals surface area (Å²) < 4.78 is 6.92. The van der Waals surface area contributed by atoms with Gasteiger partial charge in [-0.1, -0.05) is 36.2 Å². The minimum absolute atomic E-state index is 0.209. The molecule has 0 atom stereocenters. The van der Waals surface area contributed by atoms with Crippen molar-refractivity contribution >= 4 is 56.6 Å². The van der Waals surface area contributed by atoms with Crippen molar-refractivity contribution in [1.29, 1.82) is 0 Å². The van der Waals surface area contributed by atoms with E-state index in [-0.39, 0.29) is 11.8 Å². The molecular weight excluding hydrogens is 495 g/mol. The van der Waals surface area contributed by atoms with Gasteiger partial charge in [0, 0.05) is 24.0 Å². The predicted molar refractivity (Wildman–Crippen MR) is 136 cm³/mol. The van der Waals surface area contributed by atoms with Crippen molar-refractivity contribution in [2.24, 2.45) is 0 Å². The summed E-state index contributed by atoms with van der Waals surface area (Å²) in [6.07, 6.45) is 0.721. The Bertz CT molecular complexity index is 1370. The molecule has 2 amide bonds. The van der Waals surface area contributed by atoms with Gasteiger partial charge in [-0.15, -0.1) is 11.3 Å². The lowest BCUT2D eigenvalue weighted by atomic mass is 10.2. The number of hydrogen-bond acceptors (Lipinski definition) is 5. The Balaban J connectivity index is 1.43. The third-order valence-corrected chi connectivity index (χ3v) is 7.02. The third-order valence-electron chi connectivity index (χ3n) is 5.17. The molecule has 0 saturated heterocycles. The zero-order valence-electron chi connectivity index (χ0n) is 18.5. The number of thiophene rings is 1. The maximum absolute atomic E-state index is 12.8. The average molecular weight is 517 g/mol. The van der Waals surface area contributed by atoms with Gasteiger partial charge in [-0.05, 0) is 48.9 Å². The monoisotopic (exact) mass is 516 g/mol. The quantitative estimate of drug-likeness (QED) is 0.318. The van der Waals surface area contributed by atoms with Gasteiger partial charge in [0.1, 0.15) is 10.6 Å². The molecule has 4 aromatic rings. The van der Waals surface area contributed by atoms with Crippen molar-refractivity contribution in [3.05, 3.63) is 74.7 Å². The number of nitrogens with zero attached hydrogens (tertiary/aromatic N) is 2. The summed E-state index contributed by atoms with van der Waals surface area (Å²) >= 11 is 13.6. The van der Waals surface area contributed by atoms with Crippen LogP contribution in [0.3, 0.4) is 0 Å². The first-order valence-corrected chi connectivity index (χ1v) is 12.2. The Labute approximate surface area is 210 Å². The number of carbonyl (C=O) groups excluding carboxylic acids is 2. The average Bonchev–Trinajstić information content (AvgIpc) is 3.43. The Morgan fingerprint density at radius 3 is 2.50 bits per heavy atom. The van der Waals surface area contributed by atoms with Crippen LogP contribution < -0.4 is 15.4 Å². The number of carbonyl (C=O) groups is 2. The fourth-order valence-electron chi connectivity index (χ4n) is 3.44. The molecule has 2 aromatic carbocycles. The van der Waals surface area contributed by atoms with Crippen LogP contribution in [0, 0.1) is 0 Å². The molecule has 0 spiro atoms. The van der Waals surface area contributed by atoms with E-state index >= 15 is 0 Å². The van der Waals surface area contributed by atoms with Crippen LogP contribution >= 0.6 is 34.5 Å². The molecule has 2 aromatic heterocycles. The van der Waals surface area contributed by atoms with Crippen LogP contribution in [0.25, 0.3) is 15.9 Å². The molecule has 0 unspecified atom stereocenters. The summed E-state index contributed by atoms with van der Waals surface area (Å²) in [6.45, 7) is 2.61. The van der Waals surface area contributed by atoms with Gasteiger partial charge in [0.15, 0.2) is 0 Å². The number of fused-ring (bicyclic) bond motifs is 1. The molecule has 10 heteroatoms. The second-order valence-corrected chi connectivity index (χ2v) is 9.23. The highest BCUT2D eigenvalue weighted by molar-refractivity contribution is 7.20. The van der Waals surface area contributed by atoms with E-state index in [1.165, 1.54) is 11.3 Å². The van der Waals surface area contributed by atoms with Gasteiger partial charge < -0.3 is 15.4 Å². The molecule has 7 nitrogen and oxygen atoms in total. The Kier molecular flexibility index (Phi) is 7.41. The van der Waals surface area contributed by atoms with Gasteiger partial charge in [-0.3, -0.25) is 9.59 Å². The van der Waals surface area contributed by atoms with E-state index in [0.717, 1.165) is 28.0 Å². The minimum atomic E-state index is -0.232. The van der Waals surface area contributed by atoms with Gasteiger partial charge in [-0.25, -0.2) is 4.68 Å². The van der Waals surface area contributed by atoms with Crippen LogP contribution in [0.4, 0.5) is 0 Å². The van der Waals surface area contributed by atoms with Crippen LogP contribution in [0.1, 0.15) is 32.6 Å². The first-order valence-electron chi connectivity index (χ1n) is 10.6. The Hall–Kier alpha value is -3.07. The van der Waals surface area contributed by atoms with Gasteiger partial charge in [-0.2, -0.15) is 5.10 Å². The summed E-state index contributed by atoms with van der Waals surface area (Å²) in [5, 5.41) is 12.2. The van der Waals surface area contributed by atoms with E-state index in [1.807, 2.05) is 19.1 Å². The minimum Gasteiger partial charge on any atom is -0.497 e. The smallest absolute Gasteiger partial charge is 0.261 e. The van der Waals surface area contributed by atoms with Crippen LogP contribution in [0.5, 0.6) is 5.75 Å². The van der Waals surface area contributed by atoms with E-state index < -0.39 is 0 Å². The lowest BCUT2D eigenvalue weighted by Gasteiger charge is -2.07. The largest absolute Gasteiger partial charge is 0.497 e. The predicted octanol–water partition coefficient (Wildman–Crippen LogP) is 5.12. The molecule has 0 saturated carbocycles. The molecule has 0 aliphatic heterocycles. The lowest BCUT2D eigenvalue weighted by Crippen LogP contribution is -2.34. The van der Waals surface area contributed by atoms with E-state index in [1.54, 1.807) is 48.2 Å². The number of ether oxygens (including phenoxy) is 1. The van der Waals surface area contributed by atoms with Crippen LogP contribution in [-0.2, 0) is 6.42 Å². The number of hydrogen-bond donors (Lipinski definition) is 2. The summed E-state index contributed by atoms with van der Waals surface area (Å²) in [7, 11) is 1.55. The highest BCUT2D eigenvalue weighted by Crippen LogP contribution is 2.32. The fraction of sp³-hybridized carbons (Fsp3) is 0.208. The van der Waals surface area contributed by atoms with Crippen molar-refractivity contribution in [3.63, 3.8) is 0 Å². The summed E-state index contributed by atoms with van der Waals surface area (Å²) in [6, 6.07) is 14.0. The molecule has 2 N–H and O–H groups in total. The summed E-state index contributed by atoms with van der Waals surface area (Å²) in [5.74, 6) is 0.167. The summed E-state index contributed by atoms with van der Waals surface area (Å²) in [5.41, 5.74) is 2.16. The van der Waals surface area contributed by atoms with Crippen LogP contribution in [0.2, 0.25) is 10.0 Å². The Morgan fingerprint density at radius 2 is 1.79 bits per heavy atom. The lowest BCUT2D eigenvalue weighted by molar-refractivity contribution is 0.0929. The van der Waals surface area contributed by atoms with Gasteiger partial charge in [0.05, 0.1) is 33.4 Å². The molecule has 0 bridgehead atoms. The maximum atomic E-state index is 12.8. The van der Waals surface area contributed by atoms with E-state index in [4.69, 9.17) is 27.9 Å². The fourth-order valence-corrected chi connectivity index (χ4v) is 4.80.